The second-order valence-electron chi connectivity index (χ2n) is 5.48. The molecule has 0 spiro atoms. The first kappa shape index (κ1) is 15.3. The molecule has 2 unspecified atom stereocenters. The Hall–Kier alpha value is -1.06. The Morgan fingerprint density at radius 3 is 2.90 bits per heavy atom. The molecule has 1 aliphatic carbocycles. The van der Waals surface area contributed by atoms with E-state index in [1.807, 2.05) is 36.1 Å². The molecule has 1 fully saturated rings. The number of rotatable bonds is 5. The molecule has 2 N–H and O–H groups in total. The van der Waals surface area contributed by atoms with Crippen LogP contribution in [0.15, 0.2) is 24.3 Å². The van der Waals surface area contributed by atoms with Crippen LogP contribution in [0.25, 0.3) is 0 Å². The Morgan fingerprint density at radius 2 is 2.25 bits per heavy atom. The lowest BCUT2D eigenvalue weighted by atomic mass is 10.0. The van der Waals surface area contributed by atoms with Crippen LogP contribution in [0.2, 0.25) is 5.02 Å². The smallest absolute Gasteiger partial charge is 0.227 e. The van der Waals surface area contributed by atoms with Crippen molar-refractivity contribution in [2.24, 2.45) is 11.7 Å². The molecule has 0 radical (unpaired) electrons. The van der Waals surface area contributed by atoms with Crippen molar-refractivity contribution >= 4 is 17.5 Å². The minimum Gasteiger partial charge on any atom is -0.339 e. The van der Waals surface area contributed by atoms with Gasteiger partial charge in [-0.3, -0.25) is 4.79 Å². The highest BCUT2D eigenvalue weighted by Crippen LogP contribution is 2.29. The van der Waals surface area contributed by atoms with Crippen LogP contribution in [0.3, 0.4) is 0 Å². The van der Waals surface area contributed by atoms with Crippen molar-refractivity contribution in [2.45, 2.75) is 38.6 Å². The van der Waals surface area contributed by atoms with Gasteiger partial charge in [0.15, 0.2) is 0 Å². The van der Waals surface area contributed by atoms with Crippen molar-refractivity contribution in [1.29, 1.82) is 0 Å². The Labute approximate surface area is 126 Å². The van der Waals surface area contributed by atoms with Gasteiger partial charge in [0.2, 0.25) is 5.91 Å². The summed E-state index contributed by atoms with van der Waals surface area (Å²) in [4.78, 5) is 14.6. The van der Waals surface area contributed by atoms with E-state index in [2.05, 4.69) is 0 Å². The Bertz CT molecular complexity index is 464. The van der Waals surface area contributed by atoms with Crippen LogP contribution in [-0.4, -0.2) is 29.9 Å². The van der Waals surface area contributed by atoms with Crippen molar-refractivity contribution in [3.8, 4) is 0 Å². The van der Waals surface area contributed by atoms with E-state index in [0.29, 0.717) is 29.9 Å². The summed E-state index contributed by atoms with van der Waals surface area (Å²) in [7, 11) is 0. The summed E-state index contributed by atoms with van der Waals surface area (Å²) in [6.07, 6.45) is 3.81. The monoisotopic (exact) mass is 294 g/mol. The quantitative estimate of drug-likeness (QED) is 0.908. The molecule has 0 aliphatic heterocycles. The number of nitrogens with two attached hydrogens (primary N) is 1. The third kappa shape index (κ3) is 3.53. The Balaban J connectivity index is 2.05. The summed E-state index contributed by atoms with van der Waals surface area (Å²) in [6.45, 7) is 3.47. The first-order valence-electron chi connectivity index (χ1n) is 7.39. The van der Waals surface area contributed by atoms with Crippen molar-refractivity contribution in [1.82, 2.24) is 4.90 Å². The normalized spacial score (nSPS) is 21.9. The van der Waals surface area contributed by atoms with Crippen molar-refractivity contribution in [2.75, 3.05) is 13.1 Å². The van der Waals surface area contributed by atoms with Crippen LogP contribution < -0.4 is 5.73 Å². The number of carbonyl (C=O) groups is 1. The molecule has 0 saturated heterocycles. The van der Waals surface area contributed by atoms with Gasteiger partial charge >= 0.3 is 0 Å². The summed E-state index contributed by atoms with van der Waals surface area (Å²) in [5.74, 6) is 0.637. The van der Waals surface area contributed by atoms with Gasteiger partial charge in [0.1, 0.15) is 0 Å². The highest BCUT2D eigenvalue weighted by atomic mass is 35.5. The highest BCUT2D eigenvalue weighted by molar-refractivity contribution is 6.30. The van der Waals surface area contributed by atoms with E-state index in [1.54, 1.807) is 0 Å². The lowest BCUT2D eigenvalue weighted by molar-refractivity contribution is -0.133. The molecule has 0 bridgehead atoms. The number of carbonyl (C=O) groups excluding carboxylic acids is 1. The van der Waals surface area contributed by atoms with Gasteiger partial charge in [-0.15, -0.1) is 0 Å². The second kappa shape index (κ2) is 7.09. The molecule has 1 aliphatic rings. The molecule has 1 aromatic carbocycles. The summed E-state index contributed by atoms with van der Waals surface area (Å²) < 4.78 is 0. The zero-order valence-corrected chi connectivity index (χ0v) is 12.8. The number of benzene rings is 1. The zero-order valence-electron chi connectivity index (χ0n) is 12.0. The minimum absolute atomic E-state index is 0.181. The predicted molar refractivity (Wildman–Crippen MR) is 82.7 cm³/mol. The number of hydrogen-bond acceptors (Lipinski definition) is 2. The standard InChI is InChI=1S/C16H23ClN2O/c1-2-19(15-8-4-6-13(15)11-18)16(20)10-12-5-3-7-14(17)9-12/h3,5,7,9,13,15H,2,4,6,8,10-11,18H2,1H3. The van der Waals surface area contributed by atoms with Crippen LogP contribution in [0.4, 0.5) is 0 Å². The average Bonchev–Trinajstić information content (AvgIpc) is 2.88. The van der Waals surface area contributed by atoms with Gasteiger partial charge in [-0.1, -0.05) is 30.2 Å². The molecule has 3 nitrogen and oxygen atoms in total. The molecule has 0 aromatic heterocycles. The number of halogens is 1. The molecule has 0 heterocycles. The number of hydrogen-bond donors (Lipinski definition) is 1. The molecule has 2 rings (SSSR count). The number of nitrogens with zero attached hydrogens (tertiary/aromatic N) is 1. The molecular weight excluding hydrogens is 272 g/mol. The van der Waals surface area contributed by atoms with Gasteiger partial charge in [0, 0.05) is 17.6 Å². The van der Waals surface area contributed by atoms with Gasteiger partial charge in [-0.2, -0.15) is 0 Å². The van der Waals surface area contributed by atoms with E-state index < -0.39 is 0 Å². The van der Waals surface area contributed by atoms with Crippen LogP contribution >= 0.6 is 11.6 Å². The third-order valence-corrected chi connectivity index (χ3v) is 4.46. The van der Waals surface area contributed by atoms with E-state index in [4.69, 9.17) is 17.3 Å². The maximum atomic E-state index is 12.5. The van der Waals surface area contributed by atoms with E-state index in [1.165, 1.54) is 6.42 Å². The van der Waals surface area contributed by atoms with E-state index in [0.717, 1.165) is 24.9 Å². The number of amides is 1. The van der Waals surface area contributed by atoms with Gasteiger partial charge in [0.05, 0.1) is 6.42 Å². The van der Waals surface area contributed by atoms with Crippen LogP contribution in [0, 0.1) is 5.92 Å². The molecule has 1 aromatic rings. The summed E-state index contributed by atoms with van der Waals surface area (Å²) >= 11 is 5.97. The number of likely N-dealkylation sites (N-methyl/N-ethyl adjacent to an activating group) is 1. The maximum Gasteiger partial charge on any atom is 0.227 e. The van der Waals surface area contributed by atoms with E-state index >= 15 is 0 Å². The summed E-state index contributed by atoms with van der Waals surface area (Å²) in [5.41, 5.74) is 6.81. The Kier molecular flexibility index (Phi) is 5.44. The topological polar surface area (TPSA) is 46.3 Å². The van der Waals surface area contributed by atoms with Crippen LogP contribution in [-0.2, 0) is 11.2 Å². The zero-order chi connectivity index (χ0) is 14.5. The fraction of sp³-hybridized carbons (Fsp3) is 0.562. The first-order valence-corrected chi connectivity index (χ1v) is 7.77. The molecular formula is C16H23ClN2O. The Morgan fingerprint density at radius 1 is 1.45 bits per heavy atom. The second-order valence-corrected chi connectivity index (χ2v) is 5.92. The summed E-state index contributed by atoms with van der Waals surface area (Å²) in [5, 5.41) is 0.680. The van der Waals surface area contributed by atoms with Crippen LogP contribution in [0.5, 0.6) is 0 Å². The molecule has 110 valence electrons. The highest BCUT2D eigenvalue weighted by Gasteiger charge is 2.32. The van der Waals surface area contributed by atoms with Gasteiger partial charge in [-0.05, 0) is 49.9 Å². The first-order chi connectivity index (χ1) is 9.65. The molecule has 1 saturated carbocycles. The largest absolute Gasteiger partial charge is 0.339 e. The van der Waals surface area contributed by atoms with E-state index in [9.17, 15) is 4.79 Å². The molecule has 1 amide bonds. The SMILES string of the molecule is CCN(C(=O)Cc1cccc(Cl)c1)C1CCCC1CN. The van der Waals surface area contributed by atoms with Gasteiger partial charge in [-0.25, -0.2) is 0 Å². The molecule has 20 heavy (non-hydrogen) atoms. The van der Waals surface area contributed by atoms with E-state index in [-0.39, 0.29) is 5.91 Å². The molecule has 2 atom stereocenters. The van der Waals surface area contributed by atoms with Gasteiger partial charge in [0.25, 0.3) is 0 Å². The summed E-state index contributed by atoms with van der Waals surface area (Å²) in [6, 6.07) is 7.85. The lowest BCUT2D eigenvalue weighted by Crippen LogP contribution is -2.44. The fourth-order valence-electron chi connectivity index (χ4n) is 3.22. The van der Waals surface area contributed by atoms with Crippen LogP contribution in [0.1, 0.15) is 31.7 Å². The predicted octanol–water partition coefficient (Wildman–Crippen LogP) is 2.86. The third-order valence-electron chi connectivity index (χ3n) is 4.23. The maximum absolute atomic E-state index is 12.5. The van der Waals surface area contributed by atoms with Crippen molar-refractivity contribution < 1.29 is 4.79 Å². The lowest BCUT2D eigenvalue weighted by Gasteiger charge is -2.32. The van der Waals surface area contributed by atoms with Crippen molar-refractivity contribution in [3.63, 3.8) is 0 Å². The van der Waals surface area contributed by atoms with Gasteiger partial charge < -0.3 is 10.6 Å². The van der Waals surface area contributed by atoms with Crippen molar-refractivity contribution in [3.05, 3.63) is 34.9 Å². The fourth-order valence-corrected chi connectivity index (χ4v) is 3.43. The minimum atomic E-state index is 0.181. The molecule has 4 heteroatoms. The average molecular weight is 295 g/mol.